The van der Waals surface area contributed by atoms with Crippen LogP contribution in [0.5, 0.6) is 0 Å². The molecule has 3 aliphatic rings. The van der Waals surface area contributed by atoms with Crippen LogP contribution in [-0.4, -0.2) is 35.9 Å². The third kappa shape index (κ3) is 3.71. The highest BCUT2D eigenvalue weighted by Crippen LogP contribution is 2.41. The van der Waals surface area contributed by atoms with Crippen LogP contribution in [-0.2, 0) is 11.3 Å². The fourth-order valence-corrected chi connectivity index (χ4v) is 5.38. The summed E-state index contributed by atoms with van der Waals surface area (Å²) in [6.45, 7) is 2.37. The molecular formula is C27H28N2O. The first-order valence-corrected chi connectivity index (χ1v) is 11.0. The van der Waals surface area contributed by atoms with Gasteiger partial charge in [0.2, 0.25) is 0 Å². The largest absolute Gasteiger partial charge is 0.308 e. The fraction of sp³-hybridized carbons (Fsp3) is 0.296. The molecule has 0 saturated carbocycles. The summed E-state index contributed by atoms with van der Waals surface area (Å²) in [6.07, 6.45) is 0.956. The number of piperidine rings is 3. The maximum absolute atomic E-state index is 12.8. The monoisotopic (exact) mass is 396 g/mol. The number of carbonyl (C=O) groups is 1. The molecule has 3 fully saturated rings. The van der Waals surface area contributed by atoms with Gasteiger partial charge in [0.1, 0.15) is 0 Å². The van der Waals surface area contributed by atoms with E-state index in [0.29, 0.717) is 12.3 Å². The van der Waals surface area contributed by atoms with Crippen molar-refractivity contribution in [3.05, 3.63) is 108 Å². The summed E-state index contributed by atoms with van der Waals surface area (Å²) in [6, 6.07) is 32.5. The number of fused-ring (bicyclic) bond motifs is 3. The van der Waals surface area contributed by atoms with Crippen LogP contribution in [0.25, 0.3) is 0 Å². The molecule has 0 aliphatic carbocycles. The maximum Gasteiger partial charge on any atom is 0.151 e. The Kier molecular flexibility index (Phi) is 5.48. The Morgan fingerprint density at radius 2 is 1.40 bits per heavy atom. The highest BCUT2D eigenvalue weighted by Gasteiger charge is 2.49. The average molecular weight is 397 g/mol. The first-order chi connectivity index (χ1) is 14.8. The lowest BCUT2D eigenvalue weighted by Crippen LogP contribution is -2.67. The van der Waals surface area contributed by atoms with E-state index in [0.717, 1.165) is 19.5 Å². The zero-order valence-corrected chi connectivity index (χ0v) is 17.2. The minimum absolute atomic E-state index is 0.0960. The Hall–Kier alpha value is -2.75. The van der Waals surface area contributed by atoms with Crippen molar-refractivity contribution in [3.8, 4) is 0 Å². The zero-order valence-electron chi connectivity index (χ0n) is 17.2. The Bertz CT molecular complexity index is 934. The van der Waals surface area contributed by atoms with Crippen molar-refractivity contribution in [3.63, 3.8) is 0 Å². The highest BCUT2D eigenvalue weighted by molar-refractivity contribution is 5.85. The van der Waals surface area contributed by atoms with Crippen molar-refractivity contribution >= 4 is 5.78 Å². The van der Waals surface area contributed by atoms with Crippen LogP contribution in [0, 0.1) is 5.92 Å². The Morgan fingerprint density at radius 1 is 0.833 bits per heavy atom. The van der Waals surface area contributed by atoms with Crippen LogP contribution in [0.4, 0.5) is 0 Å². The van der Waals surface area contributed by atoms with Crippen molar-refractivity contribution in [2.75, 3.05) is 13.1 Å². The molecule has 0 amide bonds. The van der Waals surface area contributed by atoms with Crippen LogP contribution in [0.1, 0.15) is 29.0 Å². The molecule has 3 aromatic carbocycles. The average Bonchev–Trinajstić information content (AvgIpc) is 2.81. The van der Waals surface area contributed by atoms with Gasteiger partial charge in [0.05, 0.1) is 6.54 Å². The summed E-state index contributed by atoms with van der Waals surface area (Å²) in [5.74, 6) is 0.721. The van der Waals surface area contributed by atoms with Gasteiger partial charge in [-0.05, 0) is 29.7 Å². The van der Waals surface area contributed by atoms with Gasteiger partial charge in [-0.15, -0.1) is 0 Å². The predicted molar refractivity (Wildman–Crippen MR) is 120 cm³/mol. The van der Waals surface area contributed by atoms with Gasteiger partial charge in [-0.1, -0.05) is 91.0 Å². The van der Waals surface area contributed by atoms with Gasteiger partial charge >= 0.3 is 0 Å². The van der Waals surface area contributed by atoms with Crippen molar-refractivity contribution in [1.82, 2.24) is 10.2 Å². The number of hydrogen-bond donors (Lipinski definition) is 1. The minimum Gasteiger partial charge on any atom is -0.308 e. The zero-order chi connectivity index (χ0) is 20.3. The second-order valence-corrected chi connectivity index (χ2v) is 8.51. The second kappa shape index (κ2) is 8.55. The fourth-order valence-electron chi connectivity index (χ4n) is 5.38. The van der Waals surface area contributed by atoms with Crippen LogP contribution in [0.15, 0.2) is 91.0 Å². The quantitative estimate of drug-likeness (QED) is 0.676. The lowest BCUT2D eigenvalue weighted by molar-refractivity contribution is -0.136. The normalized spacial score (nSPS) is 25.6. The number of ketones is 1. The number of carbonyl (C=O) groups excluding carboxylic acids is 1. The molecule has 6 rings (SSSR count). The lowest BCUT2D eigenvalue weighted by atomic mass is 9.70. The molecule has 3 heterocycles. The summed E-state index contributed by atoms with van der Waals surface area (Å²) in [5.41, 5.74) is 3.90. The van der Waals surface area contributed by atoms with Crippen LogP contribution in [0.3, 0.4) is 0 Å². The Morgan fingerprint density at radius 3 is 1.97 bits per heavy atom. The van der Waals surface area contributed by atoms with Crippen molar-refractivity contribution in [2.45, 2.75) is 31.0 Å². The van der Waals surface area contributed by atoms with Crippen LogP contribution < -0.4 is 5.32 Å². The topological polar surface area (TPSA) is 32.3 Å². The summed E-state index contributed by atoms with van der Waals surface area (Å²) >= 11 is 0. The molecule has 0 spiro atoms. The first-order valence-electron chi connectivity index (χ1n) is 11.0. The predicted octanol–water partition coefficient (Wildman–Crippen LogP) is 4.25. The van der Waals surface area contributed by atoms with E-state index in [2.05, 4.69) is 95.1 Å². The molecule has 30 heavy (non-hydrogen) atoms. The minimum atomic E-state index is 0.0960. The van der Waals surface area contributed by atoms with Gasteiger partial charge in [-0.2, -0.15) is 0 Å². The molecule has 3 aliphatic heterocycles. The third-order valence-corrected chi connectivity index (χ3v) is 6.77. The first kappa shape index (κ1) is 19.2. The van der Waals surface area contributed by atoms with Crippen LogP contribution in [0.2, 0.25) is 0 Å². The Labute approximate surface area is 178 Å². The molecule has 1 N–H and O–H groups in total. The van der Waals surface area contributed by atoms with E-state index in [9.17, 15) is 4.79 Å². The SMILES string of the molecule is O=C1CN2CC[C@H]1[C@H](NCc1ccccc1)[C@H]2C(c1ccccc1)c1ccccc1. The third-order valence-electron chi connectivity index (χ3n) is 6.77. The molecule has 3 aromatic rings. The van der Waals surface area contributed by atoms with Crippen molar-refractivity contribution < 1.29 is 4.79 Å². The number of nitrogens with zero attached hydrogens (tertiary/aromatic N) is 1. The summed E-state index contributed by atoms with van der Waals surface area (Å²) < 4.78 is 0. The van der Waals surface area contributed by atoms with Gasteiger partial charge < -0.3 is 5.32 Å². The molecular weight excluding hydrogens is 368 g/mol. The van der Waals surface area contributed by atoms with Gasteiger partial charge in [0.15, 0.2) is 5.78 Å². The van der Waals surface area contributed by atoms with E-state index in [1.165, 1.54) is 16.7 Å². The smallest absolute Gasteiger partial charge is 0.151 e. The number of nitrogens with one attached hydrogen (secondary N) is 1. The molecule has 4 atom stereocenters. The van der Waals surface area contributed by atoms with E-state index in [4.69, 9.17) is 0 Å². The Balaban J connectivity index is 1.53. The molecule has 2 bridgehead atoms. The van der Waals surface area contributed by atoms with Gasteiger partial charge in [-0.25, -0.2) is 0 Å². The van der Waals surface area contributed by atoms with Crippen LogP contribution >= 0.6 is 0 Å². The maximum atomic E-state index is 12.8. The van der Waals surface area contributed by atoms with E-state index in [-0.39, 0.29) is 23.9 Å². The molecule has 152 valence electrons. The summed E-state index contributed by atoms with van der Waals surface area (Å²) in [7, 11) is 0. The molecule has 0 radical (unpaired) electrons. The summed E-state index contributed by atoms with van der Waals surface area (Å²) in [4.78, 5) is 15.3. The van der Waals surface area contributed by atoms with Crippen molar-refractivity contribution in [1.29, 1.82) is 0 Å². The second-order valence-electron chi connectivity index (χ2n) is 8.51. The molecule has 0 aromatic heterocycles. The number of benzene rings is 3. The van der Waals surface area contributed by atoms with E-state index >= 15 is 0 Å². The molecule has 3 heteroatoms. The van der Waals surface area contributed by atoms with Gasteiger partial charge in [0.25, 0.3) is 0 Å². The molecule has 3 saturated heterocycles. The van der Waals surface area contributed by atoms with Gasteiger partial charge in [0, 0.05) is 30.5 Å². The lowest BCUT2D eigenvalue weighted by Gasteiger charge is -2.53. The molecule has 3 nitrogen and oxygen atoms in total. The summed E-state index contributed by atoms with van der Waals surface area (Å²) in [5, 5.41) is 3.81. The van der Waals surface area contributed by atoms with Gasteiger partial charge in [-0.3, -0.25) is 9.69 Å². The number of hydrogen-bond acceptors (Lipinski definition) is 3. The number of Topliss-reactive ketones (excluding diaryl/α,β-unsaturated/α-hetero) is 1. The standard InChI is InChI=1S/C27H28N2O/c30-24-19-29-17-16-23(24)26(28-18-20-10-4-1-5-11-20)27(29)25(21-12-6-2-7-13-21)22-14-8-3-9-15-22/h1-15,23,25-28H,16-19H2/t23-,26+,27-/m1/s1. The van der Waals surface area contributed by atoms with E-state index in [1.807, 2.05) is 6.07 Å². The van der Waals surface area contributed by atoms with E-state index in [1.54, 1.807) is 0 Å². The van der Waals surface area contributed by atoms with Crippen molar-refractivity contribution in [2.24, 2.45) is 5.92 Å². The highest BCUT2D eigenvalue weighted by atomic mass is 16.1. The van der Waals surface area contributed by atoms with E-state index < -0.39 is 0 Å². The molecule has 1 unspecified atom stereocenters. The number of rotatable bonds is 6.